The van der Waals surface area contributed by atoms with Crippen LogP contribution in [0.3, 0.4) is 0 Å². The third-order valence-electron chi connectivity index (χ3n) is 3.12. The van der Waals surface area contributed by atoms with E-state index < -0.39 is 17.8 Å². The molecule has 0 unspecified atom stereocenters. The lowest BCUT2D eigenvalue weighted by Gasteiger charge is -2.16. The Bertz CT molecular complexity index is 615. The van der Waals surface area contributed by atoms with Crippen molar-refractivity contribution in [2.75, 3.05) is 0 Å². The minimum Gasteiger partial charge on any atom is -0.351 e. The van der Waals surface area contributed by atoms with Crippen LogP contribution in [0.25, 0.3) is 0 Å². The molecule has 5 nitrogen and oxygen atoms in total. The second-order valence-corrected chi connectivity index (χ2v) is 4.79. The zero-order valence-corrected chi connectivity index (χ0v) is 11.9. The monoisotopic (exact) mass is 296 g/mol. The number of carbonyl (C=O) groups is 3. The number of hydrogen-bond donors (Lipinski definition) is 1. The molecule has 2 aromatic carbocycles. The highest BCUT2D eigenvalue weighted by Crippen LogP contribution is 2.07. The summed E-state index contributed by atoms with van der Waals surface area (Å²) in [6.45, 7) is 0. The van der Waals surface area contributed by atoms with Crippen molar-refractivity contribution in [3.8, 4) is 0 Å². The van der Waals surface area contributed by atoms with Gasteiger partial charge in [-0.05, 0) is 11.1 Å². The van der Waals surface area contributed by atoms with Gasteiger partial charge in [-0.3, -0.25) is 9.59 Å². The van der Waals surface area contributed by atoms with Crippen LogP contribution >= 0.6 is 0 Å². The van der Waals surface area contributed by atoms with Crippen LogP contribution in [0.4, 0.5) is 4.79 Å². The summed E-state index contributed by atoms with van der Waals surface area (Å²) >= 11 is 0. The average molecular weight is 296 g/mol. The number of carbonyl (C=O) groups excluding carboxylic acids is 3. The fraction of sp³-hybridized carbons (Fsp3) is 0.118. The van der Waals surface area contributed by atoms with E-state index in [0.717, 1.165) is 0 Å². The van der Waals surface area contributed by atoms with E-state index in [0.29, 0.717) is 16.0 Å². The van der Waals surface area contributed by atoms with E-state index in [1.807, 2.05) is 12.1 Å². The summed E-state index contributed by atoms with van der Waals surface area (Å²) in [5.74, 6) is -1.25. The van der Waals surface area contributed by atoms with Crippen molar-refractivity contribution in [3.05, 3.63) is 71.8 Å². The van der Waals surface area contributed by atoms with Crippen molar-refractivity contribution in [1.29, 1.82) is 0 Å². The summed E-state index contributed by atoms with van der Waals surface area (Å²) < 4.78 is 0. The summed E-state index contributed by atoms with van der Waals surface area (Å²) in [7, 11) is 0. The van der Waals surface area contributed by atoms with Crippen LogP contribution in [-0.2, 0) is 22.4 Å². The van der Waals surface area contributed by atoms with Gasteiger partial charge in [-0.25, -0.2) is 4.79 Å². The summed E-state index contributed by atoms with van der Waals surface area (Å²) in [4.78, 5) is 36.4. The first-order valence-electron chi connectivity index (χ1n) is 6.81. The van der Waals surface area contributed by atoms with E-state index in [1.165, 1.54) is 0 Å². The first kappa shape index (κ1) is 15.4. The molecule has 0 aliphatic rings. The maximum Gasteiger partial charge on any atom is 0.328 e. The SMILES string of the molecule is NC(=O)N(C(=O)Cc1ccccc1)C(=O)Cc1ccccc1. The second kappa shape index (κ2) is 7.17. The molecule has 0 fully saturated rings. The zero-order chi connectivity index (χ0) is 15.9. The summed E-state index contributed by atoms with van der Waals surface area (Å²) in [6, 6.07) is 16.7. The van der Waals surface area contributed by atoms with Gasteiger partial charge in [-0.15, -0.1) is 0 Å². The number of hydrogen-bond acceptors (Lipinski definition) is 3. The molecule has 22 heavy (non-hydrogen) atoms. The maximum absolute atomic E-state index is 12.2. The lowest BCUT2D eigenvalue weighted by Crippen LogP contribution is -2.46. The summed E-state index contributed by atoms with van der Waals surface area (Å²) in [5, 5.41) is 0. The average Bonchev–Trinajstić information content (AvgIpc) is 2.48. The molecule has 5 heteroatoms. The Balaban J connectivity index is 2.10. The molecular formula is C17H16N2O3. The topological polar surface area (TPSA) is 80.5 Å². The van der Waals surface area contributed by atoms with Gasteiger partial charge in [0.05, 0.1) is 12.8 Å². The molecule has 112 valence electrons. The third kappa shape index (κ3) is 4.02. The van der Waals surface area contributed by atoms with Crippen molar-refractivity contribution >= 4 is 17.8 Å². The first-order valence-corrected chi connectivity index (χ1v) is 6.81. The number of primary amides is 1. The number of rotatable bonds is 4. The molecule has 2 rings (SSSR count). The van der Waals surface area contributed by atoms with Crippen LogP contribution in [0.5, 0.6) is 0 Å². The van der Waals surface area contributed by atoms with Crippen molar-refractivity contribution in [3.63, 3.8) is 0 Å². The quantitative estimate of drug-likeness (QED) is 0.935. The summed E-state index contributed by atoms with van der Waals surface area (Å²) in [6.07, 6.45) is -0.103. The molecule has 2 N–H and O–H groups in total. The van der Waals surface area contributed by atoms with Gasteiger partial charge in [0.1, 0.15) is 0 Å². The van der Waals surface area contributed by atoms with Crippen LogP contribution < -0.4 is 5.73 Å². The lowest BCUT2D eigenvalue weighted by atomic mass is 10.1. The first-order chi connectivity index (χ1) is 10.6. The van der Waals surface area contributed by atoms with Gasteiger partial charge in [0.2, 0.25) is 11.8 Å². The number of urea groups is 1. The van der Waals surface area contributed by atoms with E-state index in [-0.39, 0.29) is 12.8 Å². The number of amides is 4. The van der Waals surface area contributed by atoms with E-state index in [9.17, 15) is 14.4 Å². The molecule has 0 spiro atoms. The predicted octanol–water partition coefficient (Wildman–Crippen LogP) is 1.91. The number of imide groups is 3. The van der Waals surface area contributed by atoms with E-state index in [2.05, 4.69) is 0 Å². The highest BCUT2D eigenvalue weighted by Gasteiger charge is 2.26. The smallest absolute Gasteiger partial charge is 0.328 e. The molecule has 0 aliphatic carbocycles. The summed E-state index contributed by atoms with van der Waals surface area (Å²) in [5.41, 5.74) is 6.62. The predicted molar refractivity (Wildman–Crippen MR) is 81.7 cm³/mol. The van der Waals surface area contributed by atoms with E-state index in [4.69, 9.17) is 5.73 Å². The van der Waals surface area contributed by atoms with Crippen molar-refractivity contribution in [2.24, 2.45) is 5.73 Å². The van der Waals surface area contributed by atoms with Gasteiger partial charge in [-0.2, -0.15) is 4.90 Å². The Morgan fingerprint density at radius 3 is 1.41 bits per heavy atom. The Morgan fingerprint density at radius 1 is 0.727 bits per heavy atom. The molecule has 0 aromatic heterocycles. The molecule has 0 radical (unpaired) electrons. The minimum absolute atomic E-state index is 0.0513. The van der Waals surface area contributed by atoms with Gasteiger partial charge in [0.15, 0.2) is 0 Å². The number of nitrogens with zero attached hydrogens (tertiary/aromatic N) is 1. The second-order valence-electron chi connectivity index (χ2n) is 4.79. The largest absolute Gasteiger partial charge is 0.351 e. The Kier molecular flexibility index (Phi) is 5.03. The van der Waals surface area contributed by atoms with Crippen LogP contribution in [0.1, 0.15) is 11.1 Å². The zero-order valence-electron chi connectivity index (χ0n) is 11.9. The normalized spacial score (nSPS) is 10.0. The number of nitrogens with two attached hydrogens (primary N) is 1. The van der Waals surface area contributed by atoms with Crippen LogP contribution in [-0.4, -0.2) is 22.7 Å². The highest BCUT2D eigenvalue weighted by atomic mass is 16.2. The molecule has 0 saturated carbocycles. The van der Waals surface area contributed by atoms with Crippen molar-refractivity contribution < 1.29 is 14.4 Å². The molecule has 0 aliphatic heterocycles. The fourth-order valence-corrected chi connectivity index (χ4v) is 2.08. The van der Waals surface area contributed by atoms with Crippen LogP contribution in [0.15, 0.2) is 60.7 Å². The molecule has 2 aromatic rings. The Hall–Kier alpha value is -2.95. The van der Waals surface area contributed by atoms with Gasteiger partial charge >= 0.3 is 6.03 Å². The van der Waals surface area contributed by atoms with E-state index >= 15 is 0 Å². The van der Waals surface area contributed by atoms with Gasteiger partial charge in [-0.1, -0.05) is 60.7 Å². The molecular weight excluding hydrogens is 280 g/mol. The maximum atomic E-state index is 12.2. The van der Waals surface area contributed by atoms with Crippen LogP contribution in [0, 0.1) is 0 Å². The Labute approximate surface area is 128 Å². The Morgan fingerprint density at radius 2 is 1.09 bits per heavy atom. The molecule has 0 heterocycles. The molecule has 4 amide bonds. The van der Waals surface area contributed by atoms with Crippen molar-refractivity contribution in [2.45, 2.75) is 12.8 Å². The fourth-order valence-electron chi connectivity index (χ4n) is 2.08. The van der Waals surface area contributed by atoms with Gasteiger partial charge < -0.3 is 5.73 Å². The molecule has 0 saturated heterocycles. The van der Waals surface area contributed by atoms with Gasteiger partial charge in [0.25, 0.3) is 0 Å². The lowest BCUT2D eigenvalue weighted by molar-refractivity contribution is -0.139. The molecule has 0 bridgehead atoms. The highest BCUT2D eigenvalue weighted by molar-refractivity contribution is 6.10. The van der Waals surface area contributed by atoms with Crippen molar-refractivity contribution in [1.82, 2.24) is 4.90 Å². The minimum atomic E-state index is -1.05. The standard InChI is InChI=1S/C17H16N2O3/c18-17(22)19(15(20)11-13-7-3-1-4-8-13)16(21)12-14-9-5-2-6-10-14/h1-10H,11-12H2,(H2,18,22). The van der Waals surface area contributed by atoms with E-state index in [1.54, 1.807) is 48.5 Å². The van der Waals surface area contributed by atoms with Gasteiger partial charge in [0, 0.05) is 0 Å². The molecule has 0 atom stereocenters. The van der Waals surface area contributed by atoms with Crippen LogP contribution in [0.2, 0.25) is 0 Å². The number of benzene rings is 2. The third-order valence-corrected chi connectivity index (χ3v) is 3.12.